The van der Waals surface area contributed by atoms with Crippen LogP contribution in [0.25, 0.3) is 0 Å². The van der Waals surface area contributed by atoms with E-state index in [9.17, 15) is 4.79 Å². The molecule has 6 heteroatoms. The molecule has 2 aromatic rings. The SMILES string of the molecule is COc1ccc(OC)c(CN2CCN(C(=O)NC(c3ccccc3)C3CCC3)CC2)c1. The maximum Gasteiger partial charge on any atom is 0.317 e. The number of carbonyl (C=O) groups excluding carboxylic acids is 1. The number of benzene rings is 2. The molecule has 1 N–H and O–H groups in total. The third kappa shape index (κ3) is 5.13. The summed E-state index contributed by atoms with van der Waals surface area (Å²) in [6.45, 7) is 3.92. The first kappa shape index (κ1) is 21.5. The molecule has 0 spiro atoms. The van der Waals surface area contributed by atoms with Gasteiger partial charge in [0.15, 0.2) is 0 Å². The second kappa shape index (κ2) is 10.1. The molecule has 0 bridgehead atoms. The van der Waals surface area contributed by atoms with Gasteiger partial charge in [0.1, 0.15) is 11.5 Å². The molecule has 6 nitrogen and oxygen atoms in total. The predicted octanol–water partition coefficient (Wildman–Crippen LogP) is 4.07. The Morgan fingerprint density at radius 1 is 1.03 bits per heavy atom. The Bertz CT molecular complexity index is 862. The van der Waals surface area contributed by atoms with Crippen LogP contribution in [-0.4, -0.2) is 56.2 Å². The Morgan fingerprint density at radius 3 is 2.39 bits per heavy atom. The van der Waals surface area contributed by atoms with Gasteiger partial charge in [-0.2, -0.15) is 0 Å². The van der Waals surface area contributed by atoms with Crippen molar-refractivity contribution in [3.8, 4) is 11.5 Å². The van der Waals surface area contributed by atoms with Crippen molar-refractivity contribution in [3.05, 3.63) is 59.7 Å². The van der Waals surface area contributed by atoms with Gasteiger partial charge in [-0.25, -0.2) is 4.79 Å². The number of amides is 2. The largest absolute Gasteiger partial charge is 0.497 e. The van der Waals surface area contributed by atoms with Crippen molar-refractivity contribution in [2.24, 2.45) is 5.92 Å². The van der Waals surface area contributed by atoms with Gasteiger partial charge in [0, 0.05) is 38.3 Å². The minimum Gasteiger partial charge on any atom is -0.497 e. The van der Waals surface area contributed by atoms with Gasteiger partial charge in [0.05, 0.1) is 20.3 Å². The Labute approximate surface area is 185 Å². The second-order valence-electron chi connectivity index (χ2n) is 8.47. The zero-order valence-electron chi connectivity index (χ0n) is 18.5. The van der Waals surface area contributed by atoms with Crippen LogP contribution in [-0.2, 0) is 6.54 Å². The average Bonchev–Trinajstić information content (AvgIpc) is 2.78. The fourth-order valence-corrected chi connectivity index (χ4v) is 4.49. The van der Waals surface area contributed by atoms with E-state index in [4.69, 9.17) is 9.47 Å². The number of hydrogen-bond donors (Lipinski definition) is 1. The first-order valence-corrected chi connectivity index (χ1v) is 11.2. The Kier molecular flexibility index (Phi) is 6.97. The molecular formula is C25H33N3O3. The first-order chi connectivity index (χ1) is 15.2. The van der Waals surface area contributed by atoms with Crippen LogP contribution >= 0.6 is 0 Å². The molecule has 1 saturated heterocycles. The van der Waals surface area contributed by atoms with Crippen LogP contribution in [0.1, 0.15) is 36.4 Å². The molecule has 166 valence electrons. The smallest absolute Gasteiger partial charge is 0.317 e. The summed E-state index contributed by atoms with van der Waals surface area (Å²) in [7, 11) is 3.37. The fourth-order valence-electron chi connectivity index (χ4n) is 4.49. The highest BCUT2D eigenvalue weighted by Crippen LogP contribution is 2.37. The van der Waals surface area contributed by atoms with Crippen molar-refractivity contribution in [2.75, 3.05) is 40.4 Å². The molecule has 1 atom stereocenters. The van der Waals surface area contributed by atoms with E-state index in [1.54, 1.807) is 14.2 Å². The minimum absolute atomic E-state index is 0.0550. The number of nitrogens with one attached hydrogen (secondary N) is 1. The minimum atomic E-state index is 0.0550. The summed E-state index contributed by atoms with van der Waals surface area (Å²) in [6.07, 6.45) is 3.64. The monoisotopic (exact) mass is 423 g/mol. The highest BCUT2D eigenvalue weighted by Gasteiger charge is 2.31. The van der Waals surface area contributed by atoms with Crippen LogP contribution in [0.5, 0.6) is 11.5 Å². The summed E-state index contributed by atoms with van der Waals surface area (Å²) in [6, 6.07) is 16.4. The Hall–Kier alpha value is -2.73. The van der Waals surface area contributed by atoms with Gasteiger partial charge in [-0.05, 0) is 42.5 Å². The molecule has 2 aliphatic rings. The molecule has 1 aliphatic carbocycles. The lowest BCUT2D eigenvalue weighted by molar-refractivity contribution is 0.126. The van der Waals surface area contributed by atoms with Crippen molar-refractivity contribution < 1.29 is 14.3 Å². The number of piperazine rings is 1. The zero-order valence-corrected chi connectivity index (χ0v) is 18.5. The highest BCUT2D eigenvalue weighted by atomic mass is 16.5. The third-order valence-corrected chi connectivity index (χ3v) is 6.60. The summed E-state index contributed by atoms with van der Waals surface area (Å²) in [4.78, 5) is 17.4. The lowest BCUT2D eigenvalue weighted by Crippen LogP contribution is -2.52. The summed E-state index contributed by atoms with van der Waals surface area (Å²) >= 11 is 0. The molecule has 31 heavy (non-hydrogen) atoms. The quantitative estimate of drug-likeness (QED) is 0.729. The van der Waals surface area contributed by atoms with E-state index in [2.05, 4.69) is 34.5 Å². The third-order valence-electron chi connectivity index (χ3n) is 6.60. The molecule has 2 aromatic carbocycles. The van der Waals surface area contributed by atoms with E-state index >= 15 is 0 Å². The summed E-state index contributed by atoms with van der Waals surface area (Å²) in [5.41, 5.74) is 2.32. The number of ether oxygens (including phenoxy) is 2. The number of hydrogen-bond acceptors (Lipinski definition) is 4. The molecule has 1 saturated carbocycles. The van der Waals surface area contributed by atoms with Gasteiger partial charge in [-0.1, -0.05) is 36.8 Å². The Balaban J connectivity index is 1.33. The standard InChI is InChI=1S/C25H33N3O3/c1-30-22-11-12-23(31-2)21(17-22)18-27-13-15-28(16-14-27)25(29)26-24(20-9-6-10-20)19-7-4-3-5-8-19/h3-5,7-8,11-12,17,20,24H,6,9-10,13-16,18H2,1-2H3,(H,26,29). The predicted molar refractivity (Wildman–Crippen MR) is 121 cm³/mol. The van der Waals surface area contributed by atoms with Crippen LogP contribution in [0.15, 0.2) is 48.5 Å². The molecule has 1 heterocycles. The number of carbonyl (C=O) groups is 1. The van der Waals surface area contributed by atoms with Gasteiger partial charge in [0.2, 0.25) is 0 Å². The number of rotatable bonds is 7. The number of methoxy groups -OCH3 is 2. The number of nitrogens with zero attached hydrogens (tertiary/aromatic N) is 2. The van der Waals surface area contributed by atoms with Crippen LogP contribution in [0.4, 0.5) is 4.79 Å². The maximum atomic E-state index is 13.0. The molecule has 2 fully saturated rings. The molecule has 4 rings (SSSR count). The van der Waals surface area contributed by atoms with Gasteiger partial charge < -0.3 is 19.7 Å². The highest BCUT2D eigenvalue weighted by molar-refractivity contribution is 5.75. The van der Waals surface area contributed by atoms with Crippen LogP contribution in [0.2, 0.25) is 0 Å². The molecule has 1 aliphatic heterocycles. The van der Waals surface area contributed by atoms with Crippen molar-refractivity contribution in [1.29, 1.82) is 0 Å². The molecule has 0 radical (unpaired) electrons. The van der Waals surface area contributed by atoms with E-state index < -0.39 is 0 Å². The van der Waals surface area contributed by atoms with E-state index in [-0.39, 0.29) is 12.1 Å². The zero-order chi connectivity index (χ0) is 21.6. The van der Waals surface area contributed by atoms with E-state index in [1.165, 1.54) is 24.8 Å². The van der Waals surface area contributed by atoms with Crippen LogP contribution in [0, 0.1) is 5.92 Å². The normalized spacial score (nSPS) is 18.2. The lowest BCUT2D eigenvalue weighted by Gasteiger charge is -2.38. The maximum absolute atomic E-state index is 13.0. The summed E-state index contributed by atoms with van der Waals surface area (Å²) in [5, 5.41) is 3.33. The van der Waals surface area contributed by atoms with E-state index in [0.717, 1.165) is 49.8 Å². The first-order valence-electron chi connectivity index (χ1n) is 11.2. The molecule has 0 aromatic heterocycles. The van der Waals surface area contributed by atoms with E-state index in [0.29, 0.717) is 5.92 Å². The fraction of sp³-hybridized carbons (Fsp3) is 0.480. The van der Waals surface area contributed by atoms with Gasteiger partial charge in [0.25, 0.3) is 0 Å². The van der Waals surface area contributed by atoms with Crippen LogP contribution in [0.3, 0.4) is 0 Å². The topological polar surface area (TPSA) is 54.0 Å². The van der Waals surface area contributed by atoms with E-state index in [1.807, 2.05) is 29.2 Å². The van der Waals surface area contributed by atoms with Crippen molar-refractivity contribution in [3.63, 3.8) is 0 Å². The van der Waals surface area contributed by atoms with Gasteiger partial charge in [-0.3, -0.25) is 4.90 Å². The van der Waals surface area contributed by atoms with Crippen molar-refractivity contribution >= 4 is 6.03 Å². The Morgan fingerprint density at radius 2 is 1.77 bits per heavy atom. The lowest BCUT2D eigenvalue weighted by atomic mass is 9.77. The molecule has 1 unspecified atom stereocenters. The molecule has 2 amide bonds. The second-order valence-corrected chi connectivity index (χ2v) is 8.47. The summed E-state index contributed by atoms with van der Waals surface area (Å²) < 4.78 is 10.9. The summed E-state index contributed by atoms with van der Waals surface area (Å²) in [5.74, 6) is 2.25. The van der Waals surface area contributed by atoms with Gasteiger partial charge >= 0.3 is 6.03 Å². The van der Waals surface area contributed by atoms with Crippen LogP contribution < -0.4 is 14.8 Å². The number of urea groups is 1. The van der Waals surface area contributed by atoms with Crippen molar-refractivity contribution in [1.82, 2.24) is 15.1 Å². The van der Waals surface area contributed by atoms with Crippen molar-refractivity contribution in [2.45, 2.75) is 31.8 Å². The van der Waals surface area contributed by atoms with Gasteiger partial charge in [-0.15, -0.1) is 0 Å². The average molecular weight is 424 g/mol. The molecular weight excluding hydrogens is 390 g/mol.